The fourth-order valence-corrected chi connectivity index (χ4v) is 2.62. The number of carbonyl (C=O) groups excluding carboxylic acids is 1. The molecule has 2 N–H and O–H groups in total. The van der Waals surface area contributed by atoms with E-state index in [1.54, 1.807) is 6.92 Å². The van der Waals surface area contributed by atoms with Gasteiger partial charge in [0.2, 0.25) is 5.91 Å². The molecule has 0 aromatic carbocycles. The highest BCUT2D eigenvalue weighted by molar-refractivity contribution is 7.90. The molecule has 6 heteroatoms. The molecule has 1 amide bonds. The van der Waals surface area contributed by atoms with E-state index in [2.05, 4.69) is 10.6 Å². The number of hydrogen-bond donors (Lipinski definition) is 2. The normalized spacial score (nSPS) is 19.4. The summed E-state index contributed by atoms with van der Waals surface area (Å²) in [6, 6.07) is -0.0425. The van der Waals surface area contributed by atoms with Gasteiger partial charge in [-0.15, -0.1) is 0 Å². The van der Waals surface area contributed by atoms with Gasteiger partial charge in [-0.1, -0.05) is 19.3 Å². The van der Waals surface area contributed by atoms with E-state index in [9.17, 15) is 13.2 Å². The molecule has 5 nitrogen and oxygen atoms in total. The van der Waals surface area contributed by atoms with E-state index in [-0.39, 0.29) is 17.7 Å². The minimum Gasteiger partial charge on any atom is -0.352 e. The van der Waals surface area contributed by atoms with Gasteiger partial charge in [0, 0.05) is 18.8 Å². The molecule has 1 atom stereocenters. The van der Waals surface area contributed by atoms with Crippen LogP contribution in [0.25, 0.3) is 0 Å². The average Bonchev–Trinajstić information content (AvgIpc) is 2.28. The van der Waals surface area contributed by atoms with Crippen molar-refractivity contribution in [1.82, 2.24) is 10.6 Å². The molecule has 1 saturated carbocycles. The highest BCUT2D eigenvalue weighted by Crippen LogP contribution is 2.17. The Bertz CT molecular complexity index is 362. The summed E-state index contributed by atoms with van der Waals surface area (Å²) in [5.74, 6) is 0.0315. The van der Waals surface area contributed by atoms with Crippen LogP contribution in [0.3, 0.4) is 0 Å². The maximum atomic E-state index is 11.8. The van der Waals surface area contributed by atoms with Gasteiger partial charge in [0.25, 0.3) is 0 Å². The number of amides is 1. The van der Waals surface area contributed by atoms with E-state index in [0.717, 1.165) is 12.8 Å². The van der Waals surface area contributed by atoms with Crippen LogP contribution in [0.15, 0.2) is 0 Å². The minimum absolute atomic E-state index is 0.0320. The van der Waals surface area contributed by atoms with Gasteiger partial charge in [-0.2, -0.15) is 0 Å². The lowest BCUT2D eigenvalue weighted by molar-refractivity contribution is -0.123. The highest BCUT2D eigenvalue weighted by atomic mass is 32.2. The Balaban J connectivity index is 2.23. The zero-order chi connectivity index (χ0) is 13.6. The Hall–Kier alpha value is -0.620. The number of sulfone groups is 1. The molecule has 0 aromatic rings. The van der Waals surface area contributed by atoms with Gasteiger partial charge >= 0.3 is 0 Å². The summed E-state index contributed by atoms with van der Waals surface area (Å²) in [6.45, 7) is 2.08. The predicted octanol–water partition coefficient (Wildman–Crippen LogP) is 0.458. The highest BCUT2D eigenvalue weighted by Gasteiger charge is 2.19. The van der Waals surface area contributed by atoms with E-state index < -0.39 is 9.84 Å². The number of rotatable bonds is 6. The van der Waals surface area contributed by atoms with E-state index >= 15 is 0 Å². The third-order valence-corrected chi connectivity index (χ3v) is 4.21. The van der Waals surface area contributed by atoms with Gasteiger partial charge < -0.3 is 10.6 Å². The van der Waals surface area contributed by atoms with Gasteiger partial charge in [-0.05, 0) is 19.8 Å². The number of carbonyl (C=O) groups is 1. The Morgan fingerprint density at radius 2 is 1.89 bits per heavy atom. The first kappa shape index (κ1) is 15.4. The standard InChI is InChI=1S/C12H24N2O3S/c1-10(13-8-9-18(2,16)17)12(15)14-11-6-4-3-5-7-11/h10-11,13H,3-9H2,1-2H3,(H,14,15). The second-order valence-electron chi connectivity index (χ2n) is 5.15. The molecule has 0 spiro atoms. The molecule has 0 saturated heterocycles. The molecule has 0 aliphatic heterocycles. The van der Waals surface area contributed by atoms with Crippen molar-refractivity contribution in [1.29, 1.82) is 0 Å². The minimum atomic E-state index is -2.97. The number of nitrogens with one attached hydrogen (secondary N) is 2. The summed E-state index contributed by atoms with van der Waals surface area (Å²) < 4.78 is 21.9. The Morgan fingerprint density at radius 3 is 2.44 bits per heavy atom. The van der Waals surface area contributed by atoms with Crippen LogP contribution in [-0.4, -0.2) is 45.0 Å². The van der Waals surface area contributed by atoms with E-state index in [0.29, 0.717) is 12.6 Å². The second kappa shape index (κ2) is 7.09. The fraction of sp³-hybridized carbons (Fsp3) is 0.917. The first-order chi connectivity index (χ1) is 8.38. The fourth-order valence-electron chi connectivity index (χ4n) is 2.13. The second-order valence-corrected chi connectivity index (χ2v) is 7.41. The third kappa shape index (κ3) is 6.35. The van der Waals surface area contributed by atoms with Gasteiger partial charge in [-0.3, -0.25) is 4.79 Å². The number of hydrogen-bond acceptors (Lipinski definition) is 4. The van der Waals surface area contributed by atoms with Crippen LogP contribution in [0.2, 0.25) is 0 Å². The predicted molar refractivity (Wildman–Crippen MR) is 72.2 cm³/mol. The summed E-state index contributed by atoms with van der Waals surface area (Å²) in [5, 5.41) is 5.95. The Labute approximate surface area is 110 Å². The Morgan fingerprint density at radius 1 is 1.28 bits per heavy atom. The van der Waals surface area contributed by atoms with Crippen molar-refractivity contribution in [3.63, 3.8) is 0 Å². The van der Waals surface area contributed by atoms with Crippen LogP contribution in [0.4, 0.5) is 0 Å². The largest absolute Gasteiger partial charge is 0.352 e. The first-order valence-electron chi connectivity index (χ1n) is 6.60. The molecule has 1 fully saturated rings. The summed E-state index contributed by atoms with van der Waals surface area (Å²) >= 11 is 0. The first-order valence-corrected chi connectivity index (χ1v) is 8.66. The molecular weight excluding hydrogens is 252 g/mol. The Kier molecular flexibility index (Phi) is 6.08. The van der Waals surface area contributed by atoms with Crippen molar-refractivity contribution in [2.45, 2.75) is 51.1 Å². The lowest BCUT2D eigenvalue weighted by Gasteiger charge is -2.24. The zero-order valence-electron chi connectivity index (χ0n) is 11.2. The zero-order valence-corrected chi connectivity index (χ0v) is 12.1. The quantitative estimate of drug-likeness (QED) is 0.739. The monoisotopic (exact) mass is 276 g/mol. The molecule has 0 heterocycles. The van der Waals surface area contributed by atoms with Gasteiger partial charge in [0.1, 0.15) is 9.84 Å². The van der Waals surface area contributed by atoms with Crippen molar-refractivity contribution < 1.29 is 13.2 Å². The van der Waals surface area contributed by atoms with E-state index in [4.69, 9.17) is 0 Å². The van der Waals surface area contributed by atoms with Crippen molar-refractivity contribution in [3.05, 3.63) is 0 Å². The van der Waals surface area contributed by atoms with Crippen LogP contribution in [-0.2, 0) is 14.6 Å². The molecule has 0 bridgehead atoms. The van der Waals surface area contributed by atoms with Crippen LogP contribution in [0.5, 0.6) is 0 Å². The maximum Gasteiger partial charge on any atom is 0.237 e. The molecule has 0 aromatic heterocycles. The van der Waals surface area contributed by atoms with E-state index in [1.807, 2.05) is 0 Å². The summed E-state index contributed by atoms with van der Waals surface area (Å²) in [4.78, 5) is 11.8. The van der Waals surface area contributed by atoms with Crippen LogP contribution >= 0.6 is 0 Å². The van der Waals surface area contributed by atoms with Crippen LogP contribution in [0.1, 0.15) is 39.0 Å². The van der Waals surface area contributed by atoms with Crippen LogP contribution < -0.4 is 10.6 Å². The molecular formula is C12H24N2O3S. The molecule has 0 radical (unpaired) electrons. The molecule has 1 aliphatic carbocycles. The molecule has 1 unspecified atom stereocenters. The van der Waals surface area contributed by atoms with E-state index in [1.165, 1.54) is 25.5 Å². The van der Waals surface area contributed by atoms with Crippen molar-refractivity contribution >= 4 is 15.7 Å². The van der Waals surface area contributed by atoms with Gasteiger partial charge in [0.15, 0.2) is 0 Å². The summed E-state index contributed by atoms with van der Waals surface area (Å²) in [7, 11) is -2.97. The van der Waals surface area contributed by atoms with Gasteiger partial charge in [0.05, 0.1) is 11.8 Å². The SMILES string of the molecule is CC(NCCS(C)(=O)=O)C(=O)NC1CCCCC1. The molecule has 106 valence electrons. The lowest BCUT2D eigenvalue weighted by atomic mass is 9.95. The summed E-state index contributed by atoms with van der Waals surface area (Å²) in [6.07, 6.45) is 6.93. The molecule has 1 aliphatic rings. The lowest BCUT2D eigenvalue weighted by Crippen LogP contribution is -2.47. The van der Waals surface area contributed by atoms with Crippen molar-refractivity contribution in [2.24, 2.45) is 0 Å². The van der Waals surface area contributed by atoms with Crippen molar-refractivity contribution in [3.8, 4) is 0 Å². The van der Waals surface area contributed by atoms with Crippen molar-refractivity contribution in [2.75, 3.05) is 18.6 Å². The maximum absolute atomic E-state index is 11.8. The smallest absolute Gasteiger partial charge is 0.237 e. The third-order valence-electron chi connectivity index (χ3n) is 3.27. The topological polar surface area (TPSA) is 75.3 Å². The van der Waals surface area contributed by atoms with Crippen LogP contribution in [0, 0.1) is 0 Å². The summed E-state index contributed by atoms with van der Waals surface area (Å²) in [5.41, 5.74) is 0. The average molecular weight is 276 g/mol. The molecule has 1 rings (SSSR count). The van der Waals surface area contributed by atoms with Gasteiger partial charge in [-0.25, -0.2) is 8.42 Å². The molecule has 18 heavy (non-hydrogen) atoms.